The fourth-order valence-electron chi connectivity index (χ4n) is 9.99. The summed E-state index contributed by atoms with van der Waals surface area (Å²) in [5, 5.41) is 20.6. The highest BCUT2D eigenvalue weighted by molar-refractivity contribution is 6.91. The van der Waals surface area contributed by atoms with Crippen LogP contribution < -0.4 is 19.7 Å². The molecule has 2 amide bonds. The van der Waals surface area contributed by atoms with E-state index in [1.807, 2.05) is 93.5 Å². The third-order valence-electron chi connectivity index (χ3n) is 13.1. The Balaban J connectivity index is 1.10. The van der Waals surface area contributed by atoms with Gasteiger partial charge in [-0.25, -0.2) is 0 Å². The Morgan fingerprint density at radius 1 is 0.914 bits per heavy atom. The Hall–Kier alpha value is -5.10. The number of aryl methyl sites for hydroxylation is 1. The first-order chi connectivity index (χ1) is 28.1. The van der Waals surface area contributed by atoms with E-state index in [4.69, 9.17) is 9.47 Å². The van der Waals surface area contributed by atoms with Crippen LogP contribution in [0.4, 0.5) is 11.4 Å². The number of aliphatic hydroxyl groups is 1. The molecule has 2 saturated heterocycles. The largest absolute Gasteiger partial charge is 0.497 e. The van der Waals surface area contributed by atoms with Crippen LogP contribution in [-0.4, -0.2) is 66.4 Å². The topological polar surface area (TPSA) is 110 Å². The van der Waals surface area contributed by atoms with E-state index in [1.54, 1.807) is 7.11 Å². The number of aromatic nitrogens is 3. The van der Waals surface area contributed by atoms with Gasteiger partial charge in [-0.05, 0) is 66.3 Å². The standard InChI is InChI=1S/C47H55N5O5Si/c1-33-45(58(3,4)38-25-23-37(56-2)24-26-38)43(27-29-50-31-41(48-49-50)39(32-53)35-14-8-7-9-15-35)57-47(33)40-16-11-12-17-42(40)52(46(47)55)30-34-19-21-36(22-20-34)51-28-13-6-5-10-18-44(51)54/h7-9,11-12,14-17,19-26,31,33,39,43,45,53H,5-6,10,13,18,27-30,32H2,1-4H3/t33-,39?,43+,45-,47+/m1/s1. The van der Waals surface area contributed by atoms with Gasteiger partial charge < -0.3 is 24.4 Å². The second kappa shape index (κ2) is 16.6. The number of anilines is 2. The van der Waals surface area contributed by atoms with Crippen molar-refractivity contribution in [2.75, 3.05) is 30.1 Å². The molecule has 1 unspecified atom stereocenters. The van der Waals surface area contributed by atoms with E-state index in [1.165, 1.54) is 5.19 Å². The molecule has 5 aromatic rings. The minimum absolute atomic E-state index is 0.0343. The monoisotopic (exact) mass is 797 g/mol. The lowest BCUT2D eigenvalue weighted by atomic mass is 9.82. The van der Waals surface area contributed by atoms with E-state index in [9.17, 15) is 9.90 Å². The number of para-hydroxylation sites is 1. The predicted molar refractivity (Wildman–Crippen MR) is 229 cm³/mol. The molecular formula is C47H55N5O5Si. The predicted octanol–water partition coefficient (Wildman–Crippen LogP) is 7.56. The van der Waals surface area contributed by atoms with E-state index < -0.39 is 13.7 Å². The lowest BCUT2D eigenvalue weighted by Crippen LogP contribution is -2.51. The van der Waals surface area contributed by atoms with Crippen LogP contribution in [0.25, 0.3) is 0 Å². The van der Waals surface area contributed by atoms with Crippen molar-refractivity contribution in [2.45, 2.75) is 94.8 Å². The normalized spacial score (nSPS) is 22.9. The van der Waals surface area contributed by atoms with Crippen molar-refractivity contribution in [1.29, 1.82) is 0 Å². The lowest BCUT2D eigenvalue weighted by molar-refractivity contribution is -0.146. The molecule has 1 N–H and O–H groups in total. The summed E-state index contributed by atoms with van der Waals surface area (Å²) < 4.78 is 14.7. The van der Waals surface area contributed by atoms with E-state index in [2.05, 4.69) is 60.7 Å². The molecule has 3 aliphatic rings. The van der Waals surface area contributed by atoms with Crippen molar-refractivity contribution in [1.82, 2.24) is 15.0 Å². The zero-order chi connectivity index (χ0) is 40.4. The molecule has 58 heavy (non-hydrogen) atoms. The molecule has 0 bridgehead atoms. The van der Waals surface area contributed by atoms with Crippen LogP contribution in [0.2, 0.25) is 18.6 Å². The van der Waals surface area contributed by atoms with Crippen molar-refractivity contribution in [2.24, 2.45) is 5.92 Å². The summed E-state index contributed by atoms with van der Waals surface area (Å²) in [6.45, 7) is 8.61. The Bertz CT molecular complexity index is 2210. The van der Waals surface area contributed by atoms with Crippen LogP contribution >= 0.6 is 0 Å². The molecule has 8 rings (SSSR count). The fourth-order valence-corrected chi connectivity index (χ4v) is 14.0. The molecule has 302 valence electrons. The van der Waals surface area contributed by atoms with Crippen LogP contribution in [0.3, 0.4) is 0 Å². The van der Waals surface area contributed by atoms with Gasteiger partial charge in [0.05, 0.1) is 51.7 Å². The number of rotatable bonds is 12. The van der Waals surface area contributed by atoms with Crippen LogP contribution in [0.1, 0.15) is 73.8 Å². The minimum Gasteiger partial charge on any atom is -0.497 e. The van der Waals surface area contributed by atoms with Crippen LogP contribution in [0, 0.1) is 5.92 Å². The van der Waals surface area contributed by atoms with Gasteiger partial charge in [-0.3, -0.25) is 14.3 Å². The number of ether oxygens (including phenoxy) is 2. The van der Waals surface area contributed by atoms with Crippen molar-refractivity contribution in [3.63, 3.8) is 0 Å². The maximum absolute atomic E-state index is 15.3. The highest BCUT2D eigenvalue weighted by Gasteiger charge is 2.66. The molecule has 0 saturated carbocycles. The quantitative estimate of drug-likeness (QED) is 0.130. The second-order valence-electron chi connectivity index (χ2n) is 16.8. The van der Waals surface area contributed by atoms with Gasteiger partial charge in [0.1, 0.15) is 5.75 Å². The number of amides is 2. The van der Waals surface area contributed by atoms with Crippen LogP contribution in [-0.2, 0) is 33.0 Å². The summed E-state index contributed by atoms with van der Waals surface area (Å²) in [6.07, 6.45) is 7.09. The van der Waals surface area contributed by atoms with Gasteiger partial charge in [0.25, 0.3) is 5.91 Å². The van der Waals surface area contributed by atoms with Gasteiger partial charge in [-0.2, -0.15) is 0 Å². The van der Waals surface area contributed by atoms with E-state index in [0.29, 0.717) is 31.6 Å². The summed E-state index contributed by atoms with van der Waals surface area (Å²) in [7, 11) is -0.663. The molecule has 11 heteroatoms. The first-order valence-corrected chi connectivity index (χ1v) is 23.9. The highest BCUT2D eigenvalue weighted by atomic mass is 28.3. The Labute approximate surface area is 342 Å². The molecule has 0 radical (unpaired) electrons. The molecule has 10 nitrogen and oxygen atoms in total. The van der Waals surface area contributed by atoms with Gasteiger partial charge in [0.15, 0.2) is 5.60 Å². The van der Waals surface area contributed by atoms with Crippen molar-refractivity contribution in [3.8, 4) is 5.75 Å². The number of fused-ring (bicyclic) bond motifs is 2. The number of hydrogen-bond donors (Lipinski definition) is 1. The van der Waals surface area contributed by atoms with E-state index in [-0.39, 0.29) is 41.9 Å². The summed E-state index contributed by atoms with van der Waals surface area (Å²) >= 11 is 0. The molecule has 0 aliphatic carbocycles. The lowest BCUT2D eigenvalue weighted by Gasteiger charge is -2.37. The number of nitrogens with zero attached hydrogens (tertiary/aromatic N) is 5. The van der Waals surface area contributed by atoms with Crippen LogP contribution in [0.5, 0.6) is 5.75 Å². The molecule has 1 aromatic heterocycles. The Morgan fingerprint density at radius 3 is 2.38 bits per heavy atom. The summed E-state index contributed by atoms with van der Waals surface area (Å²) in [5.41, 5.74) is 4.31. The zero-order valence-corrected chi connectivity index (χ0v) is 35.1. The van der Waals surface area contributed by atoms with Gasteiger partial charge in [-0.1, -0.05) is 116 Å². The van der Waals surface area contributed by atoms with Gasteiger partial charge >= 0.3 is 0 Å². The first-order valence-electron chi connectivity index (χ1n) is 20.8. The van der Waals surface area contributed by atoms with Crippen molar-refractivity contribution < 1.29 is 24.2 Å². The smallest absolute Gasteiger partial charge is 0.264 e. The van der Waals surface area contributed by atoms with Crippen molar-refractivity contribution >= 4 is 36.4 Å². The third-order valence-corrected chi connectivity index (χ3v) is 17.5. The van der Waals surface area contributed by atoms with E-state index in [0.717, 1.165) is 66.0 Å². The Morgan fingerprint density at radius 2 is 1.64 bits per heavy atom. The number of carbonyl (C=O) groups is 2. The number of methoxy groups -OCH3 is 1. The average Bonchev–Trinajstić information content (AvgIpc) is 3.90. The average molecular weight is 798 g/mol. The first kappa shape index (κ1) is 39.7. The number of hydrogen-bond acceptors (Lipinski definition) is 7. The molecule has 5 atom stereocenters. The number of benzene rings is 4. The number of aliphatic hydroxyl groups excluding tert-OH is 1. The zero-order valence-electron chi connectivity index (χ0n) is 34.1. The Kier molecular flexibility index (Phi) is 11.4. The van der Waals surface area contributed by atoms with Crippen molar-refractivity contribution in [3.05, 3.63) is 132 Å². The highest BCUT2D eigenvalue weighted by Crippen LogP contribution is 2.60. The fraction of sp³-hybridized carbons (Fsp3) is 0.404. The summed E-state index contributed by atoms with van der Waals surface area (Å²) in [4.78, 5) is 32.1. The SMILES string of the molecule is COc1ccc([Si](C)(C)[C@H]2[C@H](CCn3cc(C(CO)c4ccccc4)nn3)O[C@@]3(C(=O)N(Cc4ccc(N5CCCCCCC5=O)cc4)c4ccccc43)[C@@H]2C)cc1. The minimum atomic E-state index is -2.35. The van der Waals surface area contributed by atoms with Crippen LogP contribution in [0.15, 0.2) is 109 Å². The maximum atomic E-state index is 15.3. The third kappa shape index (κ3) is 7.28. The molecule has 1 spiro atoms. The molecule has 4 aromatic carbocycles. The van der Waals surface area contributed by atoms with E-state index >= 15 is 4.79 Å². The van der Waals surface area contributed by atoms with Gasteiger partial charge in [-0.15, -0.1) is 5.10 Å². The molecule has 2 fully saturated rings. The molecule has 4 heterocycles. The number of carbonyl (C=O) groups excluding carboxylic acids is 2. The summed E-state index contributed by atoms with van der Waals surface area (Å²) in [6, 6.07) is 34.6. The molecular weight excluding hydrogens is 743 g/mol. The maximum Gasteiger partial charge on any atom is 0.264 e. The van der Waals surface area contributed by atoms with Gasteiger partial charge in [0.2, 0.25) is 5.91 Å². The second-order valence-corrected chi connectivity index (χ2v) is 21.5. The van der Waals surface area contributed by atoms with Gasteiger partial charge in [0, 0.05) is 42.9 Å². The summed E-state index contributed by atoms with van der Waals surface area (Å²) in [5.74, 6) is 0.553. The molecule has 3 aliphatic heterocycles.